The van der Waals surface area contributed by atoms with Gasteiger partial charge in [-0.25, -0.2) is 0 Å². The number of fused-ring (bicyclic) bond motifs is 2. The maximum absolute atomic E-state index is 12.9. The zero-order chi connectivity index (χ0) is 16.0. The number of anilines is 1. The first-order valence-corrected chi connectivity index (χ1v) is 8.76. The Hall–Kier alpha value is -1.91. The normalized spacial score (nSPS) is 15.5. The summed E-state index contributed by atoms with van der Waals surface area (Å²) in [6, 6.07) is 10.4. The van der Waals surface area contributed by atoms with Crippen LogP contribution in [0, 0.1) is 13.8 Å². The minimum Gasteiger partial charge on any atom is -0.378 e. The molecule has 0 aliphatic carbocycles. The van der Waals surface area contributed by atoms with Gasteiger partial charge >= 0.3 is 0 Å². The zero-order valence-electron chi connectivity index (χ0n) is 13.4. The van der Waals surface area contributed by atoms with Gasteiger partial charge in [-0.15, -0.1) is 11.3 Å². The van der Waals surface area contributed by atoms with Crippen molar-refractivity contribution >= 4 is 37.2 Å². The van der Waals surface area contributed by atoms with E-state index >= 15 is 0 Å². The van der Waals surface area contributed by atoms with E-state index in [4.69, 9.17) is 4.74 Å². The van der Waals surface area contributed by atoms with Gasteiger partial charge in [0.25, 0.3) is 0 Å². The average Bonchev–Trinajstić information content (AvgIpc) is 2.58. The molecule has 3 aromatic rings. The monoisotopic (exact) mass is 325 g/mol. The molecule has 1 saturated heterocycles. The van der Waals surface area contributed by atoms with E-state index in [1.165, 1.54) is 11.3 Å². The number of benzene rings is 2. The summed E-state index contributed by atoms with van der Waals surface area (Å²) in [5, 5.41) is 1.70. The Kier molecular flexibility index (Phi) is 3.58. The van der Waals surface area contributed by atoms with Crippen molar-refractivity contribution in [3.05, 3.63) is 51.7 Å². The lowest BCUT2D eigenvalue weighted by Crippen LogP contribution is -2.36. The van der Waals surface area contributed by atoms with E-state index in [0.29, 0.717) is 0 Å². The third-order valence-electron chi connectivity index (χ3n) is 4.73. The molecule has 1 aliphatic rings. The van der Waals surface area contributed by atoms with E-state index < -0.39 is 0 Å². The average molecular weight is 325 g/mol. The molecule has 0 bridgehead atoms. The van der Waals surface area contributed by atoms with Crippen molar-refractivity contribution < 1.29 is 4.74 Å². The predicted octanol–water partition coefficient (Wildman–Crippen LogP) is 3.87. The molecule has 1 aromatic heterocycles. The smallest absolute Gasteiger partial charge is 0.196 e. The Labute approximate surface area is 139 Å². The summed E-state index contributed by atoms with van der Waals surface area (Å²) < 4.78 is 7.56. The quantitative estimate of drug-likeness (QED) is 0.636. The van der Waals surface area contributed by atoms with Crippen LogP contribution in [0.25, 0.3) is 20.2 Å². The van der Waals surface area contributed by atoms with Gasteiger partial charge in [-0.05, 0) is 49.2 Å². The molecule has 0 unspecified atom stereocenters. The van der Waals surface area contributed by atoms with E-state index in [9.17, 15) is 4.79 Å². The van der Waals surface area contributed by atoms with Crippen LogP contribution in [-0.4, -0.2) is 26.3 Å². The zero-order valence-corrected chi connectivity index (χ0v) is 14.2. The number of rotatable bonds is 1. The Balaban J connectivity index is 1.94. The molecule has 0 radical (unpaired) electrons. The molecular formula is C19H19NO2S. The molecule has 0 amide bonds. The molecule has 0 spiro atoms. The maximum Gasteiger partial charge on any atom is 0.196 e. The highest BCUT2D eigenvalue weighted by Gasteiger charge is 2.14. The molecule has 23 heavy (non-hydrogen) atoms. The van der Waals surface area contributed by atoms with E-state index in [1.807, 2.05) is 13.0 Å². The fourth-order valence-electron chi connectivity index (χ4n) is 3.21. The van der Waals surface area contributed by atoms with Gasteiger partial charge in [0, 0.05) is 38.9 Å². The van der Waals surface area contributed by atoms with Crippen molar-refractivity contribution in [1.29, 1.82) is 0 Å². The van der Waals surface area contributed by atoms with Crippen molar-refractivity contribution in [2.45, 2.75) is 13.8 Å². The first kappa shape index (κ1) is 14.7. The van der Waals surface area contributed by atoms with Crippen LogP contribution < -0.4 is 10.3 Å². The van der Waals surface area contributed by atoms with Crippen LogP contribution in [0.15, 0.2) is 35.1 Å². The molecular weight excluding hydrogens is 306 g/mol. The molecule has 0 N–H and O–H groups in total. The maximum atomic E-state index is 12.9. The number of hydrogen-bond donors (Lipinski definition) is 0. The van der Waals surface area contributed by atoms with Gasteiger partial charge in [-0.3, -0.25) is 4.79 Å². The van der Waals surface area contributed by atoms with E-state index in [-0.39, 0.29) is 5.43 Å². The van der Waals surface area contributed by atoms with Gasteiger partial charge in [0.2, 0.25) is 0 Å². The summed E-state index contributed by atoms with van der Waals surface area (Å²) in [5.41, 5.74) is 3.61. The van der Waals surface area contributed by atoms with Gasteiger partial charge in [-0.1, -0.05) is 6.07 Å². The van der Waals surface area contributed by atoms with Gasteiger partial charge < -0.3 is 9.64 Å². The van der Waals surface area contributed by atoms with Gasteiger partial charge in [0.15, 0.2) is 5.43 Å². The number of aryl methyl sites for hydroxylation is 2. The van der Waals surface area contributed by atoms with Gasteiger partial charge in [0.1, 0.15) is 0 Å². The van der Waals surface area contributed by atoms with Crippen molar-refractivity contribution in [1.82, 2.24) is 0 Å². The SMILES string of the molecule is Cc1ccc2sc3cc(N4CCOCC4)ccc3c(=O)c2c1C. The lowest BCUT2D eigenvalue weighted by molar-refractivity contribution is 0.122. The van der Waals surface area contributed by atoms with E-state index in [2.05, 4.69) is 36.1 Å². The second-order valence-corrected chi connectivity index (χ2v) is 7.18. The Morgan fingerprint density at radius 2 is 1.83 bits per heavy atom. The molecule has 2 heterocycles. The van der Waals surface area contributed by atoms with Crippen molar-refractivity contribution in [3.8, 4) is 0 Å². The highest BCUT2D eigenvalue weighted by molar-refractivity contribution is 7.24. The van der Waals surface area contributed by atoms with Crippen LogP contribution in [0.2, 0.25) is 0 Å². The third kappa shape index (κ3) is 2.42. The minimum atomic E-state index is 0.156. The summed E-state index contributed by atoms with van der Waals surface area (Å²) in [5.74, 6) is 0. The van der Waals surface area contributed by atoms with Crippen molar-refractivity contribution in [2.24, 2.45) is 0 Å². The fourth-order valence-corrected chi connectivity index (χ4v) is 4.38. The van der Waals surface area contributed by atoms with Crippen molar-refractivity contribution in [3.63, 3.8) is 0 Å². The number of hydrogen-bond acceptors (Lipinski definition) is 4. The van der Waals surface area contributed by atoms with Crippen LogP contribution in [0.5, 0.6) is 0 Å². The van der Waals surface area contributed by atoms with Crippen LogP contribution in [-0.2, 0) is 4.74 Å². The molecule has 118 valence electrons. The molecule has 2 aromatic carbocycles. The van der Waals surface area contributed by atoms with Crippen molar-refractivity contribution in [2.75, 3.05) is 31.2 Å². The molecule has 3 nitrogen and oxygen atoms in total. The second kappa shape index (κ2) is 5.62. The third-order valence-corrected chi connectivity index (χ3v) is 5.85. The lowest BCUT2D eigenvalue weighted by Gasteiger charge is -2.29. The minimum absolute atomic E-state index is 0.156. The molecule has 0 saturated carbocycles. The summed E-state index contributed by atoms with van der Waals surface area (Å²) in [7, 11) is 0. The highest BCUT2D eigenvalue weighted by Crippen LogP contribution is 2.30. The van der Waals surface area contributed by atoms with Crippen LogP contribution in [0.4, 0.5) is 5.69 Å². The van der Waals surface area contributed by atoms with Crippen LogP contribution in [0.1, 0.15) is 11.1 Å². The Morgan fingerprint density at radius 3 is 2.61 bits per heavy atom. The van der Waals surface area contributed by atoms with E-state index in [1.54, 1.807) is 11.3 Å². The van der Waals surface area contributed by atoms with Crippen LogP contribution in [0.3, 0.4) is 0 Å². The molecule has 1 fully saturated rings. The predicted molar refractivity (Wildman–Crippen MR) is 98.1 cm³/mol. The number of nitrogens with zero attached hydrogens (tertiary/aromatic N) is 1. The van der Waals surface area contributed by atoms with Gasteiger partial charge in [0.05, 0.1) is 13.2 Å². The summed E-state index contributed by atoms with van der Waals surface area (Å²) >= 11 is 1.71. The standard InChI is InChI=1S/C19H19NO2S/c1-12-3-6-16-18(13(12)2)19(21)15-5-4-14(11-17(15)23-16)20-7-9-22-10-8-20/h3-6,11H,7-10H2,1-2H3. The number of ether oxygens (including phenoxy) is 1. The van der Waals surface area contributed by atoms with Crippen LogP contribution >= 0.6 is 11.3 Å². The summed E-state index contributed by atoms with van der Waals surface area (Å²) in [6.45, 7) is 7.46. The summed E-state index contributed by atoms with van der Waals surface area (Å²) in [4.78, 5) is 15.2. The summed E-state index contributed by atoms with van der Waals surface area (Å²) in [6.07, 6.45) is 0. The first-order valence-electron chi connectivity index (χ1n) is 7.94. The highest BCUT2D eigenvalue weighted by atomic mass is 32.1. The topological polar surface area (TPSA) is 29.5 Å². The van der Waals surface area contributed by atoms with E-state index in [0.717, 1.165) is 52.0 Å². The molecule has 1 aliphatic heterocycles. The van der Waals surface area contributed by atoms with Gasteiger partial charge in [-0.2, -0.15) is 0 Å². The lowest BCUT2D eigenvalue weighted by atomic mass is 10.0. The second-order valence-electron chi connectivity index (χ2n) is 6.09. The number of morpholine rings is 1. The molecule has 4 heteroatoms. The Morgan fingerprint density at radius 1 is 1.04 bits per heavy atom. The first-order chi connectivity index (χ1) is 11.1. The molecule has 4 rings (SSSR count). The Bertz CT molecular complexity index is 955. The fraction of sp³-hybridized carbons (Fsp3) is 0.316. The largest absolute Gasteiger partial charge is 0.378 e. The molecule has 0 atom stereocenters.